The van der Waals surface area contributed by atoms with Crippen molar-refractivity contribution in [1.29, 1.82) is 0 Å². The number of rotatable bonds is 8. The first-order chi connectivity index (χ1) is 14.2. The normalized spacial score (nSPS) is 14.3. The summed E-state index contributed by atoms with van der Waals surface area (Å²) in [5, 5.41) is 7.19. The van der Waals surface area contributed by atoms with E-state index in [-0.39, 0.29) is 17.9 Å². The topological polar surface area (TPSA) is 86.5 Å². The van der Waals surface area contributed by atoms with Crippen molar-refractivity contribution in [2.45, 2.75) is 25.3 Å². The third kappa shape index (κ3) is 4.56. The standard InChI is InChI=1S/C22H23N3O4/c1-27-17-11-16(12-18(13-17)28-2)20-24-22(29-25-20)19(23-21(26)15-8-9-15)10-14-6-4-3-5-7-14/h3-7,11-13,15,19H,8-10H2,1-2H3,(H,23,26). The number of carbonyl (C=O) groups is 1. The molecule has 1 aromatic heterocycles. The van der Waals surface area contributed by atoms with Crippen LogP contribution in [0.15, 0.2) is 53.1 Å². The van der Waals surface area contributed by atoms with E-state index < -0.39 is 0 Å². The average molecular weight is 393 g/mol. The number of nitrogens with zero attached hydrogens (tertiary/aromatic N) is 2. The van der Waals surface area contributed by atoms with Crippen LogP contribution in [0.4, 0.5) is 0 Å². The Labute approximate surface area is 169 Å². The number of aromatic nitrogens is 2. The van der Waals surface area contributed by atoms with Gasteiger partial charge in [0, 0.05) is 24.0 Å². The zero-order valence-corrected chi connectivity index (χ0v) is 16.4. The van der Waals surface area contributed by atoms with E-state index in [0.29, 0.717) is 35.2 Å². The molecule has 1 unspecified atom stereocenters. The Balaban J connectivity index is 1.61. The summed E-state index contributed by atoms with van der Waals surface area (Å²) in [6, 6.07) is 14.9. The van der Waals surface area contributed by atoms with Crippen LogP contribution in [0.2, 0.25) is 0 Å². The van der Waals surface area contributed by atoms with Gasteiger partial charge in [0.15, 0.2) is 0 Å². The average Bonchev–Trinajstić information content (AvgIpc) is 3.50. The Morgan fingerprint density at radius 2 is 1.83 bits per heavy atom. The SMILES string of the molecule is COc1cc(OC)cc(-c2noc(C(Cc3ccccc3)NC(=O)C3CC3)n2)c1. The molecule has 1 N–H and O–H groups in total. The summed E-state index contributed by atoms with van der Waals surface area (Å²) in [7, 11) is 3.17. The smallest absolute Gasteiger partial charge is 0.249 e. The minimum Gasteiger partial charge on any atom is -0.497 e. The van der Waals surface area contributed by atoms with Crippen LogP contribution in [0.3, 0.4) is 0 Å². The van der Waals surface area contributed by atoms with E-state index >= 15 is 0 Å². The summed E-state index contributed by atoms with van der Waals surface area (Å²) in [6.45, 7) is 0. The molecule has 1 fully saturated rings. The van der Waals surface area contributed by atoms with E-state index in [4.69, 9.17) is 14.0 Å². The summed E-state index contributed by atoms with van der Waals surface area (Å²) in [5.74, 6) is 2.18. The van der Waals surface area contributed by atoms with Crippen LogP contribution in [-0.4, -0.2) is 30.3 Å². The highest BCUT2D eigenvalue weighted by Crippen LogP contribution is 2.31. The highest BCUT2D eigenvalue weighted by molar-refractivity contribution is 5.81. The summed E-state index contributed by atoms with van der Waals surface area (Å²) in [5.41, 5.74) is 1.79. The first kappa shape index (κ1) is 19.0. The molecule has 1 aliphatic carbocycles. The fourth-order valence-corrected chi connectivity index (χ4v) is 3.12. The maximum atomic E-state index is 12.4. The van der Waals surface area contributed by atoms with Crippen molar-refractivity contribution >= 4 is 5.91 Å². The van der Waals surface area contributed by atoms with E-state index in [9.17, 15) is 4.79 Å². The van der Waals surface area contributed by atoms with Gasteiger partial charge in [-0.05, 0) is 30.5 Å². The Kier molecular flexibility index (Phi) is 5.46. The molecule has 7 heteroatoms. The van der Waals surface area contributed by atoms with Crippen LogP contribution >= 0.6 is 0 Å². The van der Waals surface area contributed by atoms with Gasteiger partial charge in [-0.3, -0.25) is 4.79 Å². The van der Waals surface area contributed by atoms with Gasteiger partial charge in [-0.1, -0.05) is 35.5 Å². The Morgan fingerprint density at radius 1 is 1.14 bits per heavy atom. The van der Waals surface area contributed by atoms with Crippen molar-refractivity contribution in [3.05, 3.63) is 60.0 Å². The van der Waals surface area contributed by atoms with Gasteiger partial charge in [0.1, 0.15) is 17.5 Å². The lowest BCUT2D eigenvalue weighted by molar-refractivity contribution is -0.123. The molecule has 1 atom stereocenters. The molecule has 29 heavy (non-hydrogen) atoms. The molecule has 0 aliphatic heterocycles. The molecule has 4 rings (SSSR count). The number of nitrogens with one attached hydrogen (secondary N) is 1. The molecule has 1 amide bonds. The maximum Gasteiger partial charge on any atom is 0.249 e. The molecule has 0 saturated heterocycles. The first-order valence-corrected chi connectivity index (χ1v) is 9.57. The van der Waals surface area contributed by atoms with Crippen molar-refractivity contribution in [2.75, 3.05) is 14.2 Å². The van der Waals surface area contributed by atoms with Crippen LogP contribution in [-0.2, 0) is 11.2 Å². The second-order valence-corrected chi connectivity index (χ2v) is 7.08. The molecule has 1 saturated carbocycles. The number of hydrogen-bond acceptors (Lipinski definition) is 6. The number of benzene rings is 2. The maximum absolute atomic E-state index is 12.4. The predicted octanol–water partition coefficient (Wildman–Crippen LogP) is 3.56. The Morgan fingerprint density at radius 3 is 2.45 bits per heavy atom. The lowest BCUT2D eigenvalue weighted by Gasteiger charge is -2.15. The first-order valence-electron chi connectivity index (χ1n) is 9.57. The molecule has 0 spiro atoms. The van der Waals surface area contributed by atoms with Crippen molar-refractivity contribution < 1.29 is 18.8 Å². The van der Waals surface area contributed by atoms with E-state index in [1.807, 2.05) is 42.5 Å². The lowest BCUT2D eigenvalue weighted by atomic mass is 10.1. The van der Waals surface area contributed by atoms with Crippen molar-refractivity contribution in [3.8, 4) is 22.9 Å². The molecule has 3 aromatic rings. The molecule has 0 bridgehead atoms. The highest BCUT2D eigenvalue weighted by Gasteiger charge is 2.32. The second kappa shape index (κ2) is 8.34. The van der Waals surface area contributed by atoms with Gasteiger partial charge in [0.05, 0.1) is 14.2 Å². The molecule has 7 nitrogen and oxygen atoms in total. The molecule has 150 valence electrons. The van der Waals surface area contributed by atoms with Crippen LogP contribution in [0.1, 0.15) is 30.3 Å². The fraction of sp³-hybridized carbons (Fsp3) is 0.318. The summed E-state index contributed by atoms with van der Waals surface area (Å²) in [4.78, 5) is 16.9. The Bertz CT molecular complexity index is 960. The van der Waals surface area contributed by atoms with Crippen LogP contribution in [0.5, 0.6) is 11.5 Å². The third-order valence-corrected chi connectivity index (χ3v) is 4.90. The van der Waals surface area contributed by atoms with Gasteiger partial charge < -0.3 is 19.3 Å². The largest absolute Gasteiger partial charge is 0.497 e. The van der Waals surface area contributed by atoms with Crippen LogP contribution in [0, 0.1) is 5.92 Å². The van der Waals surface area contributed by atoms with Crippen LogP contribution in [0.25, 0.3) is 11.4 Å². The third-order valence-electron chi connectivity index (χ3n) is 4.90. The number of ether oxygens (including phenoxy) is 2. The monoisotopic (exact) mass is 393 g/mol. The van der Waals surface area contributed by atoms with Gasteiger partial charge >= 0.3 is 0 Å². The van der Waals surface area contributed by atoms with Gasteiger partial charge in [-0.2, -0.15) is 4.98 Å². The zero-order chi connectivity index (χ0) is 20.2. The molecule has 1 heterocycles. The van der Waals surface area contributed by atoms with Crippen LogP contribution < -0.4 is 14.8 Å². The predicted molar refractivity (Wildman–Crippen MR) is 107 cm³/mol. The van der Waals surface area contributed by atoms with E-state index in [1.54, 1.807) is 20.3 Å². The van der Waals surface area contributed by atoms with E-state index in [1.165, 1.54) is 0 Å². The quantitative estimate of drug-likeness (QED) is 0.630. The van der Waals surface area contributed by atoms with Gasteiger partial charge in [-0.25, -0.2) is 0 Å². The molecule has 0 radical (unpaired) electrons. The van der Waals surface area contributed by atoms with Crippen molar-refractivity contribution in [1.82, 2.24) is 15.5 Å². The summed E-state index contributed by atoms with van der Waals surface area (Å²) < 4.78 is 16.2. The number of hydrogen-bond donors (Lipinski definition) is 1. The Hall–Kier alpha value is -3.35. The molecule has 1 aliphatic rings. The number of carbonyl (C=O) groups excluding carboxylic acids is 1. The zero-order valence-electron chi connectivity index (χ0n) is 16.4. The fourth-order valence-electron chi connectivity index (χ4n) is 3.12. The highest BCUT2D eigenvalue weighted by atomic mass is 16.5. The van der Waals surface area contributed by atoms with E-state index in [2.05, 4.69) is 15.5 Å². The molecular formula is C22H23N3O4. The number of amides is 1. The molecule has 2 aromatic carbocycles. The summed E-state index contributed by atoms with van der Waals surface area (Å²) >= 11 is 0. The van der Waals surface area contributed by atoms with E-state index in [0.717, 1.165) is 18.4 Å². The van der Waals surface area contributed by atoms with Crippen molar-refractivity contribution in [3.63, 3.8) is 0 Å². The summed E-state index contributed by atoms with van der Waals surface area (Å²) in [6.07, 6.45) is 2.44. The lowest BCUT2D eigenvalue weighted by Crippen LogP contribution is -2.31. The minimum absolute atomic E-state index is 0.0359. The van der Waals surface area contributed by atoms with Gasteiger partial charge in [0.2, 0.25) is 17.6 Å². The molecular weight excluding hydrogens is 370 g/mol. The number of methoxy groups -OCH3 is 2. The van der Waals surface area contributed by atoms with Crippen molar-refractivity contribution in [2.24, 2.45) is 5.92 Å². The second-order valence-electron chi connectivity index (χ2n) is 7.08. The van der Waals surface area contributed by atoms with Gasteiger partial charge in [-0.15, -0.1) is 0 Å². The minimum atomic E-state index is -0.390. The van der Waals surface area contributed by atoms with Gasteiger partial charge in [0.25, 0.3) is 0 Å².